The monoisotopic (exact) mass is 280 g/mol. The molecule has 6 nitrogen and oxygen atoms in total. The highest BCUT2D eigenvalue weighted by molar-refractivity contribution is 5.34. The summed E-state index contributed by atoms with van der Waals surface area (Å²) in [4.78, 5) is 0. The molecule has 110 valence electrons. The molecule has 0 spiro atoms. The minimum atomic E-state index is -0.824. The highest BCUT2D eigenvalue weighted by Crippen LogP contribution is 2.11. The molecule has 0 saturated heterocycles. The molecule has 1 aromatic carbocycles. The normalized spacial score (nSPS) is 12.8. The van der Waals surface area contributed by atoms with Crippen molar-refractivity contribution in [1.29, 1.82) is 5.26 Å². The van der Waals surface area contributed by atoms with E-state index in [2.05, 4.69) is 5.32 Å². The predicted octanol–water partition coefficient (Wildman–Crippen LogP) is -0.369. The Labute approximate surface area is 118 Å². The number of nitrogens with one attached hydrogen (secondary N) is 1. The van der Waals surface area contributed by atoms with Gasteiger partial charge in [0.2, 0.25) is 0 Å². The van der Waals surface area contributed by atoms with Gasteiger partial charge in [0.05, 0.1) is 30.4 Å². The maximum absolute atomic E-state index is 9.76. The van der Waals surface area contributed by atoms with Crippen LogP contribution in [-0.4, -0.2) is 53.3 Å². The van der Waals surface area contributed by atoms with E-state index in [1.165, 1.54) is 0 Å². The van der Waals surface area contributed by atoms with E-state index in [-0.39, 0.29) is 26.4 Å². The van der Waals surface area contributed by atoms with Crippen LogP contribution in [0, 0.1) is 11.3 Å². The van der Waals surface area contributed by atoms with Gasteiger partial charge in [-0.2, -0.15) is 5.26 Å². The van der Waals surface area contributed by atoms with Crippen molar-refractivity contribution in [2.24, 2.45) is 0 Å². The molecule has 0 saturated carbocycles. The Bertz CT molecular complexity index is 437. The molecule has 0 aromatic heterocycles. The number of hydrogen-bond acceptors (Lipinski definition) is 6. The second kappa shape index (κ2) is 7.82. The van der Waals surface area contributed by atoms with Crippen LogP contribution in [0.2, 0.25) is 0 Å². The Morgan fingerprint density at radius 1 is 1.30 bits per heavy atom. The number of ether oxygens (including phenoxy) is 1. The topological polar surface area (TPSA) is 106 Å². The smallest absolute Gasteiger partial charge is 0.119 e. The van der Waals surface area contributed by atoms with E-state index >= 15 is 0 Å². The molecule has 0 radical (unpaired) electrons. The molecular weight excluding hydrogens is 260 g/mol. The van der Waals surface area contributed by atoms with Crippen LogP contribution < -0.4 is 10.1 Å². The lowest BCUT2D eigenvalue weighted by atomic mass is 10.1. The molecule has 20 heavy (non-hydrogen) atoms. The van der Waals surface area contributed by atoms with Crippen molar-refractivity contribution >= 4 is 0 Å². The summed E-state index contributed by atoms with van der Waals surface area (Å²) in [7, 11) is 0. The highest BCUT2D eigenvalue weighted by atomic mass is 16.5. The largest absolute Gasteiger partial charge is 0.491 e. The van der Waals surface area contributed by atoms with Crippen LogP contribution in [0.25, 0.3) is 0 Å². The van der Waals surface area contributed by atoms with Crippen LogP contribution in [0.4, 0.5) is 0 Å². The first-order valence-electron chi connectivity index (χ1n) is 6.31. The first-order chi connectivity index (χ1) is 9.53. The fourth-order valence-electron chi connectivity index (χ4n) is 1.40. The maximum Gasteiger partial charge on any atom is 0.119 e. The number of nitriles is 1. The van der Waals surface area contributed by atoms with Gasteiger partial charge in [-0.1, -0.05) is 0 Å². The standard InChI is InChI=1S/C14H20N2O4/c1-14(9-17,10-18)16-7-12(19)8-20-13-4-2-11(6-15)3-5-13/h2-5,12,16-19H,7-10H2,1H3. The third-order valence-electron chi connectivity index (χ3n) is 2.89. The van der Waals surface area contributed by atoms with Crippen molar-refractivity contribution in [2.75, 3.05) is 26.4 Å². The van der Waals surface area contributed by atoms with Crippen LogP contribution in [0.3, 0.4) is 0 Å². The van der Waals surface area contributed by atoms with Crippen LogP contribution in [0.15, 0.2) is 24.3 Å². The number of rotatable bonds is 8. The lowest BCUT2D eigenvalue weighted by molar-refractivity contribution is 0.0666. The summed E-state index contributed by atoms with van der Waals surface area (Å²) in [6, 6.07) is 8.59. The molecule has 1 aromatic rings. The summed E-state index contributed by atoms with van der Waals surface area (Å²) in [6.45, 7) is 1.46. The molecule has 0 amide bonds. The Morgan fingerprint density at radius 2 is 1.90 bits per heavy atom. The van der Waals surface area contributed by atoms with Gasteiger partial charge in [0.25, 0.3) is 0 Å². The number of nitrogens with zero attached hydrogens (tertiary/aromatic N) is 1. The van der Waals surface area contributed by atoms with Crippen molar-refractivity contribution in [2.45, 2.75) is 18.6 Å². The minimum Gasteiger partial charge on any atom is -0.491 e. The zero-order chi connectivity index (χ0) is 15.0. The van der Waals surface area contributed by atoms with E-state index in [9.17, 15) is 5.11 Å². The lowest BCUT2D eigenvalue weighted by Crippen LogP contribution is -2.52. The third kappa shape index (κ3) is 5.15. The Morgan fingerprint density at radius 3 is 2.40 bits per heavy atom. The van der Waals surface area contributed by atoms with Gasteiger partial charge >= 0.3 is 0 Å². The first-order valence-corrected chi connectivity index (χ1v) is 6.31. The van der Waals surface area contributed by atoms with Gasteiger partial charge in [-0.3, -0.25) is 0 Å². The first kappa shape index (κ1) is 16.4. The Balaban J connectivity index is 2.36. The fraction of sp³-hybridized carbons (Fsp3) is 0.500. The van der Waals surface area contributed by atoms with E-state index in [1.807, 2.05) is 6.07 Å². The van der Waals surface area contributed by atoms with Crippen molar-refractivity contribution in [1.82, 2.24) is 5.32 Å². The van der Waals surface area contributed by atoms with E-state index in [0.717, 1.165) is 0 Å². The number of benzene rings is 1. The molecule has 6 heteroatoms. The van der Waals surface area contributed by atoms with Gasteiger partial charge < -0.3 is 25.4 Å². The lowest BCUT2D eigenvalue weighted by Gasteiger charge is -2.27. The summed E-state index contributed by atoms with van der Waals surface area (Å²) in [5.41, 5.74) is -0.281. The van der Waals surface area contributed by atoms with E-state index in [0.29, 0.717) is 11.3 Å². The number of aliphatic hydroxyl groups is 3. The summed E-state index contributed by atoms with van der Waals surface area (Å²) in [6.07, 6.45) is -0.775. The molecule has 0 bridgehead atoms. The molecule has 4 N–H and O–H groups in total. The highest BCUT2D eigenvalue weighted by Gasteiger charge is 2.22. The van der Waals surface area contributed by atoms with Gasteiger partial charge in [-0.25, -0.2) is 0 Å². The zero-order valence-corrected chi connectivity index (χ0v) is 11.4. The molecular formula is C14H20N2O4. The summed E-state index contributed by atoms with van der Waals surface area (Å²) < 4.78 is 5.38. The van der Waals surface area contributed by atoms with Crippen molar-refractivity contribution in [3.63, 3.8) is 0 Å². The van der Waals surface area contributed by atoms with Crippen molar-refractivity contribution < 1.29 is 20.1 Å². The van der Waals surface area contributed by atoms with E-state index in [4.69, 9.17) is 20.2 Å². The molecule has 1 unspecified atom stereocenters. The van der Waals surface area contributed by atoms with Crippen molar-refractivity contribution in [3.05, 3.63) is 29.8 Å². The molecule has 1 rings (SSSR count). The Hall–Kier alpha value is -1.65. The molecule has 0 aliphatic carbocycles. The molecule has 0 fully saturated rings. The van der Waals surface area contributed by atoms with Crippen LogP contribution in [-0.2, 0) is 0 Å². The quantitative estimate of drug-likeness (QED) is 0.518. The summed E-state index contributed by atoms with van der Waals surface area (Å²) >= 11 is 0. The van der Waals surface area contributed by atoms with Gasteiger partial charge in [-0.15, -0.1) is 0 Å². The van der Waals surface area contributed by atoms with Gasteiger partial charge in [0.1, 0.15) is 18.5 Å². The van der Waals surface area contributed by atoms with Gasteiger partial charge in [-0.05, 0) is 31.2 Å². The second-order valence-electron chi connectivity index (χ2n) is 4.86. The SMILES string of the molecule is CC(CO)(CO)NCC(O)COc1ccc(C#N)cc1. The minimum absolute atomic E-state index is 0.0752. The Kier molecular flexibility index (Phi) is 6.42. The second-order valence-corrected chi connectivity index (χ2v) is 4.86. The number of hydrogen-bond donors (Lipinski definition) is 4. The molecule has 1 atom stereocenters. The summed E-state index contributed by atoms with van der Waals surface area (Å²) in [5, 5.41) is 39.5. The van der Waals surface area contributed by atoms with E-state index in [1.54, 1.807) is 31.2 Å². The average Bonchev–Trinajstić information content (AvgIpc) is 2.51. The van der Waals surface area contributed by atoms with Crippen LogP contribution in [0.1, 0.15) is 12.5 Å². The molecule has 0 heterocycles. The predicted molar refractivity (Wildman–Crippen MR) is 73.2 cm³/mol. The average molecular weight is 280 g/mol. The number of β-amino-alcohol motifs (C(OH)–C–C–N with tert-alkyl or cyclic N) is 1. The van der Waals surface area contributed by atoms with Crippen molar-refractivity contribution in [3.8, 4) is 11.8 Å². The van der Waals surface area contributed by atoms with Crippen LogP contribution >= 0.6 is 0 Å². The molecule has 0 aliphatic heterocycles. The molecule has 0 aliphatic rings. The van der Waals surface area contributed by atoms with Gasteiger partial charge in [0.15, 0.2) is 0 Å². The fourth-order valence-corrected chi connectivity index (χ4v) is 1.40. The zero-order valence-electron chi connectivity index (χ0n) is 11.4. The van der Waals surface area contributed by atoms with Crippen LogP contribution in [0.5, 0.6) is 5.75 Å². The number of aliphatic hydroxyl groups excluding tert-OH is 3. The summed E-state index contributed by atoms with van der Waals surface area (Å²) in [5.74, 6) is 0.565. The third-order valence-corrected chi connectivity index (χ3v) is 2.89. The van der Waals surface area contributed by atoms with E-state index < -0.39 is 11.6 Å². The van der Waals surface area contributed by atoms with Gasteiger partial charge in [0, 0.05) is 6.54 Å². The maximum atomic E-state index is 9.76.